The van der Waals surface area contributed by atoms with Crippen molar-refractivity contribution in [3.63, 3.8) is 0 Å². The minimum Gasteiger partial charge on any atom is -0.341 e. The van der Waals surface area contributed by atoms with Crippen molar-refractivity contribution < 1.29 is 4.79 Å². The van der Waals surface area contributed by atoms with Crippen LogP contribution < -0.4 is 5.32 Å². The van der Waals surface area contributed by atoms with E-state index in [2.05, 4.69) is 24.2 Å². The van der Waals surface area contributed by atoms with Gasteiger partial charge in [-0.1, -0.05) is 6.92 Å². The Labute approximate surface area is 92.6 Å². The Bertz CT molecular complexity index is 208. The molecular formula is C11H23N3O. The molecule has 0 aromatic rings. The van der Waals surface area contributed by atoms with Gasteiger partial charge in [-0.25, -0.2) is 0 Å². The molecule has 0 saturated carbocycles. The van der Waals surface area contributed by atoms with Gasteiger partial charge in [0.25, 0.3) is 0 Å². The van der Waals surface area contributed by atoms with Gasteiger partial charge < -0.3 is 15.1 Å². The summed E-state index contributed by atoms with van der Waals surface area (Å²) in [7, 11) is 3.95. The number of nitrogens with zero attached hydrogens (tertiary/aromatic N) is 2. The molecular weight excluding hydrogens is 190 g/mol. The van der Waals surface area contributed by atoms with Crippen molar-refractivity contribution in [3.8, 4) is 0 Å². The van der Waals surface area contributed by atoms with Crippen LogP contribution in [0.3, 0.4) is 0 Å². The average molecular weight is 213 g/mol. The molecule has 1 atom stereocenters. The van der Waals surface area contributed by atoms with Crippen molar-refractivity contribution in [2.75, 3.05) is 46.8 Å². The van der Waals surface area contributed by atoms with E-state index in [9.17, 15) is 4.79 Å². The predicted molar refractivity (Wildman–Crippen MR) is 61.8 cm³/mol. The lowest BCUT2D eigenvalue weighted by molar-refractivity contribution is -0.129. The second-order valence-electron chi connectivity index (χ2n) is 4.38. The van der Waals surface area contributed by atoms with Crippen LogP contribution in [0.4, 0.5) is 0 Å². The van der Waals surface area contributed by atoms with Crippen LogP contribution in [-0.4, -0.2) is 62.5 Å². The van der Waals surface area contributed by atoms with Gasteiger partial charge in [0.15, 0.2) is 0 Å². The van der Waals surface area contributed by atoms with Crippen LogP contribution in [0.5, 0.6) is 0 Å². The van der Waals surface area contributed by atoms with Gasteiger partial charge in [0, 0.05) is 19.6 Å². The topological polar surface area (TPSA) is 35.6 Å². The highest BCUT2D eigenvalue weighted by Gasteiger charge is 2.25. The fourth-order valence-corrected chi connectivity index (χ4v) is 2.04. The summed E-state index contributed by atoms with van der Waals surface area (Å²) in [4.78, 5) is 15.9. The standard InChI is InChI=1S/C11H23N3O/c1-4-13(3)8-10-5-6-14(9-10)11(15)7-12-2/h10,12H,4-9H2,1-3H3. The van der Waals surface area contributed by atoms with Crippen LogP contribution in [0.25, 0.3) is 0 Å². The number of nitrogens with one attached hydrogen (secondary N) is 1. The third-order valence-corrected chi connectivity index (χ3v) is 3.08. The maximum Gasteiger partial charge on any atom is 0.236 e. The third kappa shape index (κ3) is 3.80. The van der Waals surface area contributed by atoms with Crippen molar-refractivity contribution in [2.24, 2.45) is 5.92 Å². The van der Waals surface area contributed by atoms with E-state index in [1.54, 1.807) is 0 Å². The molecule has 1 rings (SSSR count). The molecule has 1 saturated heterocycles. The third-order valence-electron chi connectivity index (χ3n) is 3.08. The first kappa shape index (κ1) is 12.5. The summed E-state index contributed by atoms with van der Waals surface area (Å²) in [6, 6.07) is 0. The summed E-state index contributed by atoms with van der Waals surface area (Å²) >= 11 is 0. The molecule has 4 heteroatoms. The van der Waals surface area contributed by atoms with E-state index in [0.717, 1.165) is 32.6 Å². The quantitative estimate of drug-likeness (QED) is 0.698. The van der Waals surface area contributed by atoms with Gasteiger partial charge in [0.05, 0.1) is 6.54 Å². The number of likely N-dealkylation sites (N-methyl/N-ethyl adjacent to an activating group) is 1. The first-order valence-electron chi connectivity index (χ1n) is 5.78. The molecule has 1 N–H and O–H groups in total. The highest BCUT2D eigenvalue weighted by Crippen LogP contribution is 2.16. The van der Waals surface area contributed by atoms with Gasteiger partial charge in [0.2, 0.25) is 5.91 Å². The Balaban J connectivity index is 2.29. The molecule has 1 fully saturated rings. The maximum atomic E-state index is 11.6. The number of likely N-dealkylation sites (tertiary alicyclic amines) is 1. The van der Waals surface area contributed by atoms with Gasteiger partial charge >= 0.3 is 0 Å². The summed E-state index contributed by atoms with van der Waals surface area (Å²) < 4.78 is 0. The number of amides is 1. The first-order chi connectivity index (χ1) is 7.17. The molecule has 0 aromatic heterocycles. The fourth-order valence-electron chi connectivity index (χ4n) is 2.04. The molecule has 0 spiro atoms. The van der Waals surface area contributed by atoms with Crippen LogP contribution in [0.15, 0.2) is 0 Å². The van der Waals surface area contributed by atoms with E-state index in [4.69, 9.17) is 0 Å². The highest BCUT2D eigenvalue weighted by atomic mass is 16.2. The molecule has 0 radical (unpaired) electrons. The summed E-state index contributed by atoms with van der Waals surface area (Å²) in [5.74, 6) is 0.898. The van der Waals surface area contributed by atoms with E-state index in [1.165, 1.54) is 0 Å². The zero-order chi connectivity index (χ0) is 11.3. The molecule has 0 aromatic carbocycles. The Morgan fingerprint density at radius 3 is 2.93 bits per heavy atom. The van der Waals surface area contributed by atoms with Gasteiger partial charge in [-0.15, -0.1) is 0 Å². The summed E-state index contributed by atoms with van der Waals surface area (Å²) in [6.45, 7) is 6.70. The van der Waals surface area contributed by atoms with E-state index >= 15 is 0 Å². The molecule has 4 nitrogen and oxygen atoms in total. The smallest absolute Gasteiger partial charge is 0.236 e. The van der Waals surface area contributed by atoms with Crippen LogP contribution >= 0.6 is 0 Å². The van der Waals surface area contributed by atoms with Crippen molar-refractivity contribution in [1.29, 1.82) is 0 Å². The summed E-state index contributed by atoms with van der Waals surface area (Å²) in [5, 5.41) is 2.91. The number of hydrogen-bond acceptors (Lipinski definition) is 3. The number of carbonyl (C=O) groups excluding carboxylic acids is 1. The zero-order valence-electron chi connectivity index (χ0n) is 10.1. The first-order valence-corrected chi connectivity index (χ1v) is 5.78. The fraction of sp³-hybridized carbons (Fsp3) is 0.909. The molecule has 1 heterocycles. The lowest BCUT2D eigenvalue weighted by Crippen LogP contribution is -2.36. The van der Waals surface area contributed by atoms with E-state index in [1.807, 2.05) is 11.9 Å². The molecule has 1 amide bonds. The zero-order valence-corrected chi connectivity index (χ0v) is 10.1. The second-order valence-corrected chi connectivity index (χ2v) is 4.38. The average Bonchev–Trinajstić information content (AvgIpc) is 2.66. The lowest BCUT2D eigenvalue weighted by Gasteiger charge is -2.20. The van der Waals surface area contributed by atoms with Crippen molar-refractivity contribution in [1.82, 2.24) is 15.1 Å². The molecule has 88 valence electrons. The molecule has 0 aliphatic carbocycles. The minimum atomic E-state index is 0.235. The van der Waals surface area contributed by atoms with Crippen molar-refractivity contribution >= 4 is 5.91 Å². The monoisotopic (exact) mass is 213 g/mol. The van der Waals surface area contributed by atoms with Crippen LogP contribution in [-0.2, 0) is 4.79 Å². The van der Waals surface area contributed by atoms with E-state index in [0.29, 0.717) is 12.5 Å². The molecule has 1 unspecified atom stereocenters. The number of rotatable bonds is 5. The number of hydrogen-bond donors (Lipinski definition) is 1. The molecule has 15 heavy (non-hydrogen) atoms. The normalized spacial score (nSPS) is 21.3. The summed E-state index contributed by atoms with van der Waals surface area (Å²) in [6.07, 6.45) is 1.15. The molecule has 1 aliphatic rings. The lowest BCUT2D eigenvalue weighted by atomic mass is 10.1. The van der Waals surface area contributed by atoms with Gasteiger partial charge in [0.1, 0.15) is 0 Å². The Kier molecular flexibility index (Phi) is 5.05. The Morgan fingerprint density at radius 2 is 2.33 bits per heavy atom. The Morgan fingerprint density at radius 1 is 1.60 bits per heavy atom. The summed E-state index contributed by atoms with van der Waals surface area (Å²) in [5.41, 5.74) is 0. The van der Waals surface area contributed by atoms with Crippen LogP contribution in [0.2, 0.25) is 0 Å². The van der Waals surface area contributed by atoms with Crippen molar-refractivity contribution in [3.05, 3.63) is 0 Å². The highest BCUT2D eigenvalue weighted by molar-refractivity contribution is 5.78. The largest absolute Gasteiger partial charge is 0.341 e. The van der Waals surface area contributed by atoms with E-state index in [-0.39, 0.29) is 5.91 Å². The van der Waals surface area contributed by atoms with Gasteiger partial charge in [-0.05, 0) is 33.0 Å². The second kappa shape index (κ2) is 6.08. The van der Waals surface area contributed by atoms with Crippen LogP contribution in [0.1, 0.15) is 13.3 Å². The van der Waals surface area contributed by atoms with Crippen LogP contribution in [0, 0.1) is 5.92 Å². The SMILES string of the molecule is CCN(C)CC1CCN(C(=O)CNC)C1. The predicted octanol–water partition coefficient (Wildman–Crippen LogP) is 0.00600. The molecule has 1 aliphatic heterocycles. The van der Waals surface area contributed by atoms with Gasteiger partial charge in [-0.2, -0.15) is 0 Å². The van der Waals surface area contributed by atoms with E-state index < -0.39 is 0 Å². The molecule has 0 bridgehead atoms. The number of carbonyl (C=O) groups is 1. The Hall–Kier alpha value is -0.610. The van der Waals surface area contributed by atoms with Crippen molar-refractivity contribution in [2.45, 2.75) is 13.3 Å². The maximum absolute atomic E-state index is 11.6. The van der Waals surface area contributed by atoms with Gasteiger partial charge in [-0.3, -0.25) is 4.79 Å². The minimum absolute atomic E-state index is 0.235.